The monoisotopic (exact) mass is 304 g/mol. The van der Waals surface area contributed by atoms with Gasteiger partial charge in [-0.05, 0) is 34.1 Å². The SMILES string of the molecule is CC(C)NC(=O)C(C)(C)C(=O)N(C)C1CCS(=O)(=O)C1. The Morgan fingerprint density at radius 2 is 1.85 bits per heavy atom. The summed E-state index contributed by atoms with van der Waals surface area (Å²) in [4.78, 5) is 25.9. The lowest BCUT2D eigenvalue weighted by molar-refractivity contribution is -0.149. The minimum Gasteiger partial charge on any atom is -0.353 e. The molecule has 1 aliphatic rings. The maximum Gasteiger partial charge on any atom is 0.237 e. The largest absolute Gasteiger partial charge is 0.353 e. The van der Waals surface area contributed by atoms with E-state index in [9.17, 15) is 18.0 Å². The van der Waals surface area contributed by atoms with Crippen LogP contribution in [0.5, 0.6) is 0 Å². The molecule has 1 saturated heterocycles. The van der Waals surface area contributed by atoms with Gasteiger partial charge in [-0.2, -0.15) is 0 Å². The third kappa shape index (κ3) is 3.71. The first-order chi connectivity index (χ1) is 8.97. The summed E-state index contributed by atoms with van der Waals surface area (Å²) in [6.07, 6.45) is 0.437. The molecule has 0 bridgehead atoms. The molecule has 7 heteroatoms. The van der Waals surface area contributed by atoms with Crippen molar-refractivity contribution in [3.05, 3.63) is 0 Å². The number of hydrogen-bond donors (Lipinski definition) is 1. The topological polar surface area (TPSA) is 83.6 Å². The van der Waals surface area contributed by atoms with E-state index in [1.165, 1.54) is 4.90 Å². The Morgan fingerprint density at radius 1 is 1.30 bits per heavy atom. The van der Waals surface area contributed by atoms with Gasteiger partial charge in [-0.25, -0.2) is 8.42 Å². The second-order valence-electron chi connectivity index (χ2n) is 6.23. The molecule has 0 saturated carbocycles. The van der Waals surface area contributed by atoms with E-state index in [4.69, 9.17) is 0 Å². The highest BCUT2D eigenvalue weighted by molar-refractivity contribution is 7.91. The van der Waals surface area contributed by atoms with Crippen LogP contribution in [-0.2, 0) is 19.4 Å². The molecule has 1 fully saturated rings. The minimum atomic E-state index is -3.05. The zero-order chi connectivity index (χ0) is 15.7. The molecule has 2 amide bonds. The Balaban J connectivity index is 2.80. The smallest absolute Gasteiger partial charge is 0.237 e. The van der Waals surface area contributed by atoms with Crippen LogP contribution in [0.3, 0.4) is 0 Å². The minimum absolute atomic E-state index is 0.0167. The third-order valence-corrected chi connectivity index (χ3v) is 5.35. The number of nitrogens with zero attached hydrogens (tertiary/aromatic N) is 1. The average molecular weight is 304 g/mol. The quantitative estimate of drug-likeness (QED) is 0.751. The van der Waals surface area contributed by atoms with Crippen LogP contribution in [0.1, 0.15) is 34.1 Å². The molecule has 0 radical (unpaired) electrons. The fourth-order valence-corrected chi connectivity index (χ4v) is 4.00. The molecule has 6 nitrogen and oxygen atoms in total. The van der Waals surface area contributed by atoms with Gasteiger partial charge in [0.05, 0.1) is 11.5 Å². The van der Waals surface area contributed by atoms with E-state index in [0.29, 0.717) is 6.42 Å². The molecule has 0 aromatic carbocycles. The van der Waals surface area contributed by atoms with Crippen molar-refractivity contribution in [2.45, 2.75) is 46.2 Å². The highest BCUT2D eigenvalue weighted by Gasteiger charge is 2.42. The molecule has 1 unspecified atom stereocenters. The molecule has 1 atom stereocenters. The van der Waals surface area contributed by atoms with Crippen LogP contribution in [-0.4, -0.2) is 55.8 Å². The van der Waals surface area contributed by atoms with E-state index >= 15 is 0 Å². The molecule has 116 valence electrons. The first-order valence-electron chi connectivity index (χ1n) is 6.76. The molecule has 0 aromatic rings. The first kappa shape index (κ1) is 16.9. The first-order valence-corrected chi connectivity index (χ1v) is 8.58. The van der Waals surface area contributed by atoms with Gasteiger partial charge in [0.2, 0.25) is 11.8 Å². The molecule has 0 aliphatic carbocycles. The highest BCUT2D eigenvalue weighted by atomic mass is 32.2. The lowest BCUT2D eigenvalue weighted by Gasteiger charge is -2.32. The van der Waals surface area contributed by atoms with Gasteiger partial charge in [-0.3, -0.25) is 9.59 Å². The fourth-order valence-electron chi connectivity index (χ4n) is 2.23. The van der Waals surface area contributed by atoms with E-state index in [-0.39, 0.29) is 35.4 Å². The summed E-state index contributed by atoms with van der Waals surface area (Å²) in [6, 6.07) is -0.384. The molecule has 1 aliphatic heterocycles. The number of amides is 2. The summed E-state index contributed by atoms with van der Waals surface area (Å²) in [7, 11) is -1.49. The third-order valence-electron chi connectivity index (χ3n) is 3.60. The molecule has 20 heavy (non-hydrogen) atoms. The van der Waals surface area contributed by atoms with Crippen molar-refractivity contribution in [2.75, 3.05) is 18.6 Å². The molecule has 0 spiro atoms. The van der Waals surface area contributed by atoms with Gasteiger partial charge in [-0.1, -0.05) is 0 Å². The predicted octanol–water partition coefficient (Wildman–Crippen LogP) is 0.183. The van der Waals surface area contributed by atoms with Crippen LogP contribution < -0.4 is 5.32 Å². The van der Waals surface area contributed by atoms with Gasteiger partial charge in [0.25, 0.3) is 0 Å². The van der Waals surface area contributed by atoms with Gasteiger partial charge in [0, 0.05) is 19.1 Å². The Hall–Kier alpha value is -1.11. The normalized spacial score (nSPS) is 21.8. The molecular formula is C13H24N2O4S. The van der Waals surface area contributed by atoms with Crippen LogP contribution in [0, 0.1) is 5.41 Å². The van der Waals surface area contributed by atoms with Crippen molar-refractivity contribution in [3.8, 4) is 0 Å². The molecule has 1 N–H and O–H groups in total. The summed E-state index contributed by atoms with van der Waals surface area (Å²) in [5.41, 5.74) is -1.20. The van der Waals surface area contributed by atoms with Crippen LogP contribution >= 0.6 is 0 Å². The van der Waals surface area contributed by atoms with Crippen molar-refractivity contribution < 1.29 is 18.0 Å². The van der Waals surface area contributed by atoms with Crippen molar-refractivity contribution in [3.63, 3.8) is 0 Å². The van der Waals surface area contributed by atoms with Crippen molar-refractivity contribution in [2.24, 2.45) is 5.41 Å². The van der Waals surface area contributed by atoms with E-state index in [1.54, 1.807) is 20.9 Å². The van der Waals surface area contributed by atoms with Gasteiger partial charge < -0.3 is 10.2 Å². The lowest BCUT2D eigenvalue weighted by atomic mass is 9.89. The Kier molecular flexibility index (Phi) is 4.84. The zero-order valence-corrected chi connectivity index (χ0v) is 13.6. The van der Waals surface area contributed by atoms with Crippen molar-refractivity contribution in [1.82, 2.24) is 10.2 Å². The zero-order valence-electron chi connectivity index (χ0n) is 12.8. The van der Waals surface area contributed by atoms with Crippen molar-refractivity contribution >= 4 is 21.7 Å². The van der Waals surface area contributed by atoms with Gasteiger partial charge in [0.1, 0.15) is 5.41 Å². The molecule has 1 heterocycles. The highest BCUT2D eigenvalue weighted by Crippen LogP contribution is 2.24. The number of sulfone groups is 1. The van der Waals surface area contributed by atoms with Gasteiger partial charge in [0.15, 0.2) is 9.84 Å². The van der Waals surface area contributed by atoms with E-state index in [0.717, 1.165) is 0 Å². The van der Waals surface area contributed by atoms with E-state index < -0.39 is 15.3 Å². The summed E-state index contributed by atoms with van der Waals surface area (Å²) < 4.78 is 23.0. The van der Waals surface area contributed by atoms with Crippen LogP contribution in [0.15, 0.2) is 0 Å². The summed E-state index contributed by atoms with van der Waals surface area (Å²) >= 11 is 0. The van der Waals surface area contributed by atoms with E-state index in [2.05, 4.69) is 5.32 Å². The van der Waals surface area contributed by atoms with Crippen LogP contribution in [0.2, 0.25) is 0 Å². The maximum atomic E-state index is 12.5. The van der Waals surface area contributed by atoms with Crippen molar-refractivity contribution in [1.29, 1.82) is 0 Å². The number of nitrogens with one attached hydrogen (secondary N) is 1. The van der Waals surface area contributed by atoms with Gasteiger partial charge in [-0.15, -0.1) is 0 Å². The maximum absolute atomic E-state index is 12.5. The van der Waals surface area contributed by atoms with Crippen LogP contribution in [0.25, 0.3) is 0 Å². The Bertz CT molecular complexity index is 497. The number of carbonyl (C=O) groups is 2. The standard InChI is InChI=1S/C13H24N2O4S/c1-9(2)14-11(16)13(3,4)12(17)15(5)10-6-7-20(18,19)8-10/h9-10H,6-8H2,1-5H3,(H,14,16). The number of carbonyl (C=O) groups excluding carboxylic acids is 2. The van der Waals surface area contributed by atoms with Crippen LogP contribution in [0.4, 0.5) is 0 Å². The predicted molar refractivity (Wildman–Crippen MR) is 76.9 cm³/mol. The lowest BCUT2D eigenvalue weighted by Crippen LogP contribution is -2.52. The number of hydrogen-bond acceptors (Lipinski definition) is 4. The second kappa shape index (κ2) is 5.71. The average Bonchev–Trinajstić information content (AvgIpc) is 2.66. The molecule has 0 aromatic heterocycles. The Morgan fingerprint density at radius 3 is 2.25 bits per heavy atom. The summed E-state index contributed by atoms with van der Waals surface area (Å²) in [5, 5.41) is 2.72. The Labute approximate surface area is 120 Å². The second-order valence-corrected chi connectivity index (χ2v) is 8.45. The summed E-state index contributed by atoms with van der Waals surface area (Å²) in [6.45, 7) is 6.78. The molecular weight excluding hydrogens is 280 g/mol. The number of rotatable bonds is 4. The molecule has 1 rings (SSSR count). The van der Waals surface area contributed by atoms with Gasteiger partial charge >= 0.3 is 0 Å². The summed E-state index contributed by atoms with van der Waals surface area (Å²) in [5.74, 6) is -0.603. The van der Waals surface area contributed by atoms with E-state index in [1.807, 2.05) is 13.8 Å². The fraction of sp³-hybridized carbons (Fsp3) is 0.846.